The molecule has 1 saturated heterocycles. The van der Waals surface area contributed by atoms with E-state index in [0.29, 0.717) is 58.8 Å². The fraction of sp³-hybridized carbons (Fsp3) is 0.323. The average Bonchev–Trinajstić information content (AvgIpc) is 3.70. The lowest BCUT2D eigenvalue weighted by Gasteiger charge is -2.31. The number of methoxy groups -OCH3 is 1. The van der Waals surface area contributed by atoms with Gasteiger partial charge in [0.2, 0.25) is 11.8 Å². The summed E-state index contributed by atoms with van der Waals surface area (Å²) in [5.41, 5.74) is -1.67. The van der Waals surface area contributed by atoms with Gasteiger partial charge in [-0.05, 0) is 37.1 Å². The number of carbonyl (C=O) groups excluding carboxylic acids is 2. The number of ether oxygens (including phenoxy) is 3. The maximum Gasteiger partial charge on any atom is 0.411 e. The number of nitrogens with one attached hydrogen (secondary N) is 2. The molecule has 246 valence electrons. The molecule has 47 heavy (non-hydrogen) atoms. The van der Waals surface area contributed by atoms with Crippen LogP contribution in [-0.2, 0) is 4.79 Å². The minimum atomic E-state index is -4.57. The van der Waals surface area contributed by atoms with Crippen molar-refractivity contribution in [3.05, 3.63) is 67.4 Å². The van der Waals surface area contributed by atoms with E-state index in [1.807, 2.05) is 5.32 Å². The summed E-state index contributed by atoms with van der Waals surface area (Å²) in [5.74, 6) is 0.249. The number of hydrogen-bond donors (Lipinski definition) is 2. The summed E-state index contributed by atoms with van der Waals surface area (Å²) in [6, 6.07) is 7.53. The fourth-order valence-electron chi connectivity index (χ4n) is 5.17. The molecule has 0 radical (unpaired) electrons. The van der Waals surface area contributed by atoms with E-state index < -0.39 is 23.6 Å². The summed E-state index contributed by atoms with van der Waals surface area (Å²) in [4.78, 5) is 34.5. The highest BCUT2D eigenvalue weighted by Crippen LogP contribution is 2.49. The first kappa shape index (κ1) is 31.6. The molecule has 4 aromatic rings. The smallest absolute Gasteiger partial charge is 0.411 e. The van der Waals surface area contributed by atoms with Crippen molar-refractivity contribution in [2.45, 2.75) is 43.5 Å². The van der Waals surface area contributed by atoms with Crippen molar-refractivity contribution in [2.24, 2.45) is 0 Å². The molecule has 16 heteroatoms. The summed E-state index contributed by atoms with van der Waals surface area (Å²) in [6.07, 6.45) is -0.179. The van der Waals surface area contributed by atoms with Gasteiger partial charge in [-0.25, -0.2) is 19.2 Å². The van der Waals surface area contributed by atoms with Crippen LogP contribution in [0.3, 0.4) is 0 Å². The fourth-order valence-corrected chi connectivity index (χ4v) is 5.17. The number of halogens is 4. The Morgan fingerprint density at radius 1 is 1.09 bits per heavy atom. The second kappa shape index (κ2) is 12.4. The Bertz CT molecular complexity index is 1830. The summed E-state index contributed by atoms with van der Waals surface area (Å²) in [5, 5.41) is 9.31. The molecule has 2 fully saturated rings. The van der Waals surface area contributed by atoms with Gasteiger partial charge in [-0.15, -0.1) is 5.10 Å². The monoisotopic (exact) mass is 655 g/mol. The number of piperidine rings is 1. The van der Waals surface area contributed by atoms with Crippen molar-refractivity contribution in [1.29, 1.82) is 0 Å². The van der Waals surface area contributed by atoms with Gasteiger partial charge in [0.05, 0.1) is 18.3 Å². The molecule has 0 spiro atoms. The molecular formula is C31H29F4N7O5. The van der Waals surface area contributed by atoms with Crippen LogP contribution in [0.5, 0.6) is 23.1 Å². The second-order valence-corrected chi connectivity index (χ2v) is 11.1. The number of carbonyl (C=O) groups is 2. The van der Waals surface area contributed by atoms with Crippen LogP contribution >= 0.6 is 0 Å². The van der Waals surface area contributed by atoms with Gasteiger partial charge >= 0.3 is 12.2 Å². The third kappa shape index (κ3) is 6.62. The molecule has 2 aromatic heterocycles. The molecule has 2 N–H and O–H groups in total. The third-order valence-electron chi connectivity index (χ3n) is 7.97. The molecule has 1 aliphatic heterocycles. The van der Waals surface area contributed by atoms with E-state index in [9.17, 15) is 22.8 Å². The molecule has 1 saturated carbocycles. The van der Waals surface area contributed by atoms with Gasteiger partial charge in [-0.1, -0.05) is 6.58 Å². The standard InChI is InChI=1S/C31H29F4N7O5/c1-3-27(43)41-11-6-18(7-12-41)46-25-15-20-23(16-24(25)45-2)36-17-37-28(20)38-22-5-4-19(14-21(22)32)47-26-8-13-42(40-26)29(44)39-30(9-10-30)31(33,34)35/h3-5,8,13-18H,1,6-7,9-12H2,2H3,(H,39,44)(H,36,37,38). The van der Waals surface area contributed by atoms with Crippen LogP contribution in [0.25, 0.3) is 10.9 Å². The van der Waals surface area contributed by atoms with Gasteiger partial charge < -0.3 is 29.7 Å². The number of benzene rings is 2. The molecule has 0 unspecified atom stereocenters. The zero-order valence-electron chi connectivity index (χ0n) is 25.0. The highest BCUT2D eigenvalue weighted by Gasteiger charge is 2.64. The maximum atomic E-state index is 15.2. The second-order valence-electron chi connectivity index (χ2n) is 11.1. The van der Waals surface area contributed by atoms with Crippen LogP contribution in [-0.4, -0.2) is 74.6 Å². The first-order chi connectivity index (χ1) is 22.5. The van der Waals surface area contributed by atoms with Crippen LogP contribution in [0.4, 0.5) is 33.9 Å². The Hall–Kier alpha value is -5.41. The number of aromatic nitrogens is 4. The van der Waals surface area contributed by atoms with Crippen LogP contribution < -0.4 is 24.8 Å². The molecule has 0 bridgehead atoms. The summed E-state index contributed by atoms with van der Waals surface area (Å²) in [6.45, 7) is 4.59. The van der Waals surface area contributed by atoms with Crippen LogP contribution in [0.2, 0.25) is 0 Å². The number of amides is 2. The topological polar surface area (TPSA) is 133 Å². The van der Waals surface area contributed by atoms with E-state index >= 15 is 4.39 Å². The van der Waals surface area contributed by atoms with Gasteiger partial charge in [0.1, 0.15) is 35.4 Å². The van der Waals surface area contributed by atoms with Crippen LogP contribution in [0.15, 0.2) is 61.6 Å². The Morgan fingerprint density at radius 3 is 2.51 bits per heavy atom. The molecule has 2 aromatic carbocycles. The van der Waals surface area contributed by atoms with Crippen molar-refractivity contribution in [3.8, 4) is 23.1 Å². The number of anilines is 2. The number of alkyl halides is 3. The summed E-state index contributed by atoms with van der Waals surface area (Å²) < 4.78 is 72.8. The molecule has 6 rings (SSSR count). The normalized spacial score (nSPS) is 16.0. The third-order valence-corrected chi connectivity index (χ3v) is 7.97. The number of rotatable bonds is 9. The van der Waals surface area contributed by atoms with Crippen molar-refractivity contribution in [3.63, 3.8) is 0 Å². The largest absolute Gasteiger partial charge is 0.493 e. The lowest BCUT2D eigenvalue weighted by Crippen LogP contribution is -2.49. The van der Waals surface area contributed by atoms with Gasteiger partial charge in [0, 0.05) is 55.7 Å². The molecule has 0 atom stereocenters. The predicted octanol–water partition coefficient (Wildman–Crippen LogP) is 5.72. The molecule has 3 heterocycles. The number of likely N-dealkylation sites (tertiary alicyclic amines) is 1. The van der Waals surface area contributed by atoms with E-state index in [1.165, 1.54) is 37.7 Å². The minimum absolute atomic E-state index is 0.0291. The van der Waals surface area contributed by atoms with Crippen molar-refractivity contribution >= 4 is 34.3 Å². The number of hydrogen-bond acceptors (Lipinski definition) is 9. The Labute approximate surface area is 265 Å². The van der Waals surface area contributed by atoms with E-state index in [0.717, 1.165) is 12.3 Å². The number of fused-ring (bicyclic) bond motifs is 1. The van der Waals surface area contributed by atoms with Crippen LogP contribution in [0, 0.1) is 5.82 Å². The Morgan fingerprint density at radius 2 is 1.85 bits per heavy atom. The maximum absolute atomic E-state index is 15.2. The van der Waals surface area contributed by atoms with Crippen molar-refractivity contribution in [1.82, 2.24) is 30.0 Å². The highest BCUT2D eigenvalue weighted by molar-refractivity contribution is 5.93. The molecule has 1 aliphatic carbocycles. The zero-order chi connectivity index (χ0) is 33.3. The lowest BCUT2D eigenvalue weighted by molar-refractivity contribution is -0.162. The quantitative estimate of drug-likeness (QED) is 0.172. The van der Waals surface area contributed by atoms with E-state index in [2.05, 4.69) is 27.0 Å². The van der Waals surface area contributed by atoms with Crippen molar-refractivity contribution in [2.75, 3.05) is 25.5 Å². The molecular weight excluding hydrogens is 626 g/mol. The van der Waals surface area contributed by atoms with E-state index in [4.69, 9.17) is 14.2 Å². The SMILES string of the molecule is C=CC(=O)N1CCC(Oc2cc3c(Nc4ccc(Oc5ccn(C(=O)NC6(C(F)(F)F)CC6)n5)cc4F)ncnc3cc2OC)CC1. The first-order valence-corrected chi connectivity index (χ1v) is 14.6. The lowest BCUT2D eigenvalue weighted by atomic mass is 10.1. The Balaban J connectivity index is 1.15. The zero-order valence-corrected chi connectivity index (χ0v) is 25.0. The highest BCUT2D eigenvalue weighted by atomic mass is 19.4. The minimum Gasteiger partial charge on any atom is -0.493 e. The van der Waals surface area contributed by atoms with Crippen molar-refractivity contribution < 1.29 is 41.4 Å². The summed E-state index contributed by atoms with van der Waals surface area (Å²) >= 11 is 0. The molecule has 12 nitrogen and oxygen atoms in total. The molecule has 2 aliphatic rings. The van der Waals surface area contributed by atoms with E-state index in [1.54, 1.807) is 17.0 Å². The van der Waals surface area contributed by atoms with Gasteiger partial charge in [-0.2, -0.15) is 17.9 Å². The predicted molar refractivity (Wildman–Crippen MR) is 160 cm³/mol. The Kier molecular flexibility index (Phi) is 8.34. The average molecular weight is 656 g/mol. The van der Waals surface area contributed by atoms with Gasteiger partial charge in [0.15, 0.2) is 11.5 Å². The van der Waals surface area contributed by atoms with Gasteiger partial charge in [-0.3, -0.25) is 4.79 Å². The van der Waals surface area contributed by atoms with Crippen LogP contribution in [0.1, 0.15) is 25.7 Å². The number of nitrogens with zero attached hydrogens (tertiary/aromatic N) is 5. The van der Waals surface area contributed by atoms with Gasteiger partial charge in [0.25, 0.3) is 0 Å². The molecule has 2 amide bonds. The van der Waals surface area contributed by atoms with E-state index in [-0.39, 0.29) is 42.2 Å². The first-order valence-electron chi connectivity index (χ1n) is 14.6. The summed E-state index contributed by atoms with van der Waals surface area (Å²) in [7, 11) is 1.51.